The van der Waals surface area contributed by atoms with E-state index in [1.807, 2.05) is 41.5 Å². The van der Waals surface area contributed by atoms with Crippen molar-refractivity contribution < 1.29 is 98.4 Å². The van der Waals surface area contributed by atoms with Gasteiger partial charge >= 0.3 is 5.97 Å². The van der Waals surface area contributed by atoms with Crippen molar-refractivity contribution >= 4 is 35.5 Å². The first-order valence-corrected chi connectivity index (χ1v) is 28.3. The molecule has 0 bridgehead atoms. The summed E-state index contributed by atoms with van der Waals surface area (Å²) in [6.07, 6.45) is -17.7. The van der Waals surface area contributed by atoms with Gasteiger partial charge in [0.15, 0.2) is 6.29 Å². The van der Waals surface area contributed by atoms with Gasteiger partial charge in [0.05, 0.1) is 80.2 Å². The minimum Gasteiger partial charge on any atom is -0.477 e. The molecule has 0 spiro atoms. The van der Waals surface area contributed by atoms with Gasteiger partial charge in [-0.15, -0.1) is 0 Å². The first-order chi connectivity index (χ1) is 38.4. The molecule has 26 nitrogen and oxygen atoms in total. The van der Waals surface area contributed by atoms with E-state index in [2.05, 4.69) is 21.3 Å². The summed E-state index contributed by atoms with van der Waals surface area (Å²) < 4.78 is 29.6. The largest absolute Gasteiger partial charge is 0.477 e. The molecule has 1 aromatic carbocycles. The summed E-state index contributed by atoms with van der Waals surface area (Å²) in [6.45, 7) is 14.3. The molecule has 5 amide bonds. The van der Waals surface area contributed by atoms with Crippen molar-refractivity contribution in [3.05, 3.63) is 35.9 Å². The highest BCUT2D eigenvalue weighted by molar-refractivity contribution is 5.90. The molecule has 82 heavy (non-hydrogen) atoms. The van der Waals surface area contributed by atoms with Crippen molar-refractivity contribution in [1.29, 1.82) is 0 Å². The average molecular weight is 1170 g/mol. The maximum Gasteiger partial charge on any atom is 0.364 e. The van der Waals surface area contributed by atoms with Crippen LogP contribution in [0.5, 0.6) is 0 Å². The third kappa shape index (κ3) is 19.0. The van der Waals surface area contributed by atoms with Gasteiger partial charge in [0.1, 0.15) is 42.7 Å². The van der Waals surface area contributed by atoms with E-state index in [1.54, 1.807) is 68.1 Å². The maximum atomic E-state index is 14.5. The Bertz CT molecular complexity index is 2170. The lowest BCUT2D eigenvalue weighted by Gasteiger charge is -2.43. The lowest BCUT2D eigenvalue weighted by atomic mass is 9.89. The van der Waals surface area contributed by atoms with E-state index >= 15 is 0 Å². The third-order valence-electron chi connectivity index (χ3n) is 15.9. The highest BCUT2D eigenvalue weighted by Crippen LogP contribution is 2.33. The van der Waals surface area contributed by atoms with Crippen LogP contribution < -0.4 is 21.3 Å². The highest BCUT2D eigenvalue weighted by atomic mass is 16.7. The zero-order valence-corrected chi connectivity index (χ0v) is 49.8. The number of hydrogen-bond donors (Lipinski definition) is 13. The summed E-state index contributed by atoms with van der Waals surface area (Å²) in [5, 5.41) is 106. The number of ether oxygens (including phenoxy) is 5. The molecule has 2 saturated heterocycles. The molecule has 20 atom stereocenters. The van der Waals surface area contributed by atoms with E-state index in [9.17, 15) is 74.7 Å². The van der Waals surface area contributed by atoms with Gasteiger partial charge in [0.25, 0.3) is 5.79 Å². The van der Waals surface area contributed by atoms with Gasteiger partial charge in [-0.25, -0.2) is 4.79 Å². The van der Waals surface area contributed by atoms with Gasteiger partial charge in [0.2, 0.25) is 29.5 Å². The molecule has 1 aromatic rings. The van der Waals surface area contributed by atoms with Crippen LogP contribution in [0.1, 0.15) is 113 Å². The number of benzene rings is 1. The number of aliphatic hydroxyl groups excluding tert-OH is 7. The Hall–Kier alpha value is -4.52. The van der Waals surface area contributed by atoms with Crippen molar-refractivity contribution in [1.82, 2.24) is 31.1 Å². The number of hydrogen-bond acceptors (Lipinski definition) is 20. The van der Waals surface area contributed by atoms with E-state index in [1.165, 1.54) is 14.2 Å². The minimum absolute atomic E-state index is 0.0379. The van der Waals surface area contributed by atoms with Gasteiger partial charge in [-0.05, 0) is 56.6 Å². The number of carbonyl (C=O) groups excluding carboxylic acids is 5. The van der Waals surface area contributed by atoms with E-state index in [4.69, 9.17) is 23.7 Å². The van der Waals surface area contributed by atoms with E-state index < -0.39 is 159 Å². The molecule has 26 heteroatoms. The summed E-state index contributed by atoms with van der Waals surface area (Å²) in [5.74, 6) is -8.79. The molecule has 20 unspecified atom stereocenters. The van der Waals surface area contributed by atoms with Crippen LogP contribution in [-0.4, -0.2) is 243 Å². The molecule has 470 valence electrons. The summed E-state index contributed by atoms with van der Waals surface area (Å²) in [6, 6.07) is 3.47. The number of methoxy groups -OCH3 is 2. The van der Waals surface area contributed by atoms with E-state index in [0.717, 1.165) is 6.92 Å². The van der Waals surface area contributed by atoms with Crippen LogP contribution in [0.15, 0.2) is 30.3 Å². The van der Waals surface area contributed by atoms with Crippen molar-refractivity contribution in [2.45, 2.75) is 210 Å². The molecule has 13 N–H and O–H groups in total. The summed E-state index contributed by atoms with van der Waals surface area (Å²) in [4.78, 5) is 84.3. The van der Waals surface area contributed by atoms with Gasteiger partial charge in [0, 0.05) is 41.2 Å². The number of carboxylic acid groups (broad SMARTS) is 1. The number of nitrogens with one attached hydrogen (secondary N) is 4. The lowest BCUT2D eigenvalue weighted by molar-refractivity contribution is -0.326. The van der Waals surface area contributed by atoms with Gasteiger partial charge in [-0.3, -0.25) is 24.0 Å². The number of carboxylic acids is 1. The summed E-state index contributed by atoms with van der Waals surface area (Å²) in [5.41, 5.74) is 0.455. The second-order valence-corrected chi connectivity index (χ2v) is 22.6. The fourth-order valence-electron chi connectivity index (χ4n) is 10.9. The number of likely N-dealkylation sites (tertiary alicyclic amines) is 1. The molecule has 3 rings (SSSR count). The lowest BCUT2D eigenvalue weighted by Crippen LogP contribution is -2.61. The number of aliphatic carboxylic acids is 1. The van der Waals surface area contributed by atoms with Crippen molar-refractivity contribution in [3.8, 4) is 0 Å². The fourth-order valence-corrected chi connectivity index (χ4v) is 10.9. The standard InChI is InChI=1S/C56H96N6O20/c1-14-30(6)45(61(11)53(74)44(29(4)5)60-52(73)43(57-10)28(2)3)40(78-12)24-42(68)62-22-18-21-36(62)49(79-13)31(7)51(72)58-32(8)50(34-19-16-15-17-20-34)82-54-48(71)47(70)46(69)41(81-54)27-80-56(77,55(75)76)25-38(66)35(59-33(9)64)23-37(65)39(67)26-63/h15-17,19-20,28-32,35-41,43-50,54,57,63,65-67,69-71,77H,14,18,21-27H2,1-13H3,(H,58,72)(H,59,64)(H,60,73)(H,75,76). The Labute approximate surface area is 481 Å². The summed E-state index contributed by atoms with van der Waals surface area (Å²) in [7, 11) is 6.29. The monoisotopic (exact) mass is 1170 g/mol. The number of likely N-dealkylation sites (N-methyl/N-ethyl adjacent to an activating group) is 2. The maximum absolute atomic E-state index is 14.5. The Balaban J connectivity index is 1.83. The van der Waals surface area contributed by atoms with Gasteiger partial charge < -0.3 is 101 Å². The molecule has 2 aliphatic heterocycles. The minimum atomic E-state index is -3.27. The molecule has 2 aliphatic rings. The Kier molecular flexibility index (Phi) is 29.1. The molecule has 2 fully saturated rings. The third-order valence-corrected chi connectivity index (χ3v) is 15.9. The van der Waals surface area contributed by atoms with Crippen LogP contribution in [0.25, 0.3) is 0 Å². The number of nitrogens with zero attached hydrogens (tertiary/aromatic N) is 2. The van der Waals surface area contributed by atoms with E-state index in [0.29, 0.717) is 31.4 Å². The first-order valence-electron chi connectivity index (χ1n) is 28.3. The molecule has 0 aliphatic carbocycles. The molecular formula is C56H96N6O20. The van der Waals surface area contributed by atoms with Crippen LogP contribution >= 0.6 is 0 Å². The van der Waals surface area contributed by atoms with Crippen LogP contribution in [0.2, 0.25) is 0 Å². The van der Waals surface area contributed by atoms with Crippen molar-refractivity contribution in [2.75, 3.05) is 48.1 Å². The van der Waals surface area contributed by atoms with Crippen LogP contribution in [0.3, 0.4) is 0 Å². The quantitative estimate of drug-likeness (QED) is 0.0350. The zero-order chi connectivity index (χ0) is 62.1. The predicted octanol–water partition coefficient (Wildman–Crippen LogP) is -1.49. The van der Waals surface area contributed by atoms with Crippen molar-refractivity contribution in [2.24, 2.45) is 23.7 Å². The number of amides is 5. The molecule has 0 radical (unpaired) electrons. The van der Waals surface area contributed by atoms with Crippen LogP contribution in [-0.2, 0) is 52.5 Å². The molecule has 0 saturated carbocycles. The normalized spacial score (nSPS) is 25.0. The first kappa shape index (κ1) is 71.7. The average Bonchev–Trinajstić information content (AvgIpc) is 3.96. The fraction of sp³-hybridized carbons (Fsp3) is 0.786. The smallest absolute Gasteiger partial charge is 0.364 e. The number of rotatable bonds is 34. The van der Waals surface area contributed by atoms with Crippen LogP contribution in [0.4, 0.5) is 0 Å². The summed E-state index contributed by atoms with van der Waals surface area (Å²) >= 11 is 0. The predicted molar refractivity (Wildman–Crippen MR) is 296 cm³/mol. The molecule has 2 heterocycles. The molecule has 0 aromatic heterocycles. The van der Waals surface area contributed by atoms with Gasteiger partial charge in [-0.1, -0.05) is 85.2 Å². The number of carbonyl (C=O) groups is 6. The highest BCUT2D eigenvalue weighted by Gasteiger charge is 2.50. The van der Waals surface area contributed by atoms with Gasteiger partial charge in [-0.2, -0.15) is 0 Å². The molecular weight excluding hydrogens is 1080 g/mol. The SMILES string of the molecule is CCC(C)C(C(CC(=O)N1CCCC1C(OC)C(C)C(=O)NC(C)C(OC1OC(COC(O)(CC(O)C(CC(O)C(O)CO)NC(C)=O)C(=O)O)C(O)C(O)C1O)c1ccccc1)OC)N(C)C(=O)C(NC(=O)C(NC)C(C)C)C(C)C. The Morgan fingerprint density at radius 3 is 1.99 bits per heavy atom. The van der Waals surface area contributed by atoms with E-state index in [-0.39, 0.29) is 41.9 Å². The topological polar surface area (TPSA) is 385 Å². The Morgan fingerprint density at radius 1 is 0.841 bits per heavy atom. The number of aliphatic hydroxyl groups is 8. The second-order valence-electron chi connectivity index (χ2n) is 22.6. The van der Waals surface area contributed by atoms with Crippen LogP contribution in [0, 0.1) is 23.7 Å². The second kappa shape index (κ2) is 33.2. The Morgan fingerprint density at radius 2 is 1.46 bits per heavy atom. The zero-order valence-electron chi connectivity index (χ0n) is 49.8. The van der Waals surface area contributed by atoms with Crippen molar-refractivity contribution in [3.63, 3.8) is 0 Å².